The van der Waals surface area contributed by atoms with Crippen molar-refractivity contribution in [2.24, 2.45) is 0 Å². The molecule has 2 heterocycles. The molecule has 0 aliphatic carbocycles. The van der Waals surface area contributed by atoms with Gasteiger partial charge in [-0.05, 0) is 24.6 Å². The molecule has 0 radical (unpaired) electrons. The van der Waals surface area contributed by atoms with Gasteiger partial charge in [-0.2, -0.15) is 10.1 Å². The molecule has 5 nitrogen and oxygen atoms in total. The summed E-state index contributed by atoms with van der Waals surface area (Å²) in [5.74, 6) is 0.656. The van der Waals surface area contributed by atoms with Crippen LogP contribution in [0.25, 0.3) is 0 Å². The van der Waals surface area contributed by atoms with Crippen LogP contribution in [0.3, 0.4) is 0 Å². The molecule has 1 atom stereocenters. The van der Waals surface area contributed by atoms with Gasteiger partial charge in [0.15, 0.2) is 5.82 Å². The van der Waals surface area contributed by atoms with E-state index in [4.69, 9.17) is 4.52 Å². The molecule has 0 aliphatic rings. The third-order valence-electron chi connectivity index (χ3n) is 3.07. The highest BCUT2D eigenvalue weighted by Gasteiger charge is 2.16. The van der Waals surface area contributed by atoms with Crippen molar-refractivity contribution in [3.05, 3.63) is 65.8 Å². The summed E-state index contributed by atoms with van der Waals surface area (Å²) in [4.78, 5) is 4.30. The fraction of sp³-hybridized carbons (Fsp3) is 0.214. The van der Waals surface area contributed by atoms with Crippen LogP contribution in [-0.2, 0) is 6.42 Å². The van der Waals surface area contributed by atoms with E-state index >= 15 is 0 Å². The Bertz CT molecular complexity index is 693. The SMILES string of the molecule is CC(c1nc(Cc2ccccc2F)no1)n1cccn1. The van der Waals surface area contributed by atoms with Gasteiger partial charge in [-0.3, -0.25) is 4.68 Å². The summed E-state index contributed by atoms with van der Waals surface area (Å²) in [7, 11) is 0. The van der Waals surface area contributed by atoms with Crippen LogP contribution in [0.4, 0.5) is 4.39 Å². The van der Waals surface area contributed by atoms with Crippen LogP contribution in [0.5, 0.6) is 0 Å². The number of hydrogen-bond donors (Lipinski definition) is 0. The monoisotopic (exact) mass is 272 g/mol. The predicted molar refractivity (Wildman–Crippen MR) is 69.5 cm³/mol. The lowest BCUT2D eigenvalue weighted by Gasteiger charge is -2.05. The van der Waals surface area contributed by atoms with E-state index in [2.05, 4.69) is 15.2 Å². The van der Waals surface area contributed by atoms with Crippen LogP contribution in [0.1, 0.15) is 30.2 Å². The van der Waals surface area contributed by atoms with Crippen molar-refractivity contribution in [1.82, 2.24) is 19.9 Å². The molecule has 20 heavy (non-hydrogen) atoms. The summed E-state index contributed by atoms with van der Waals surface area (Å²) < 4.78 is 20.5. The molecule has 102 valence electrons. The topological polar surface area (TPSA) is 56.7 Å². The minimum absolute atomic E-state index is 0.146. The predicted octanol–water partition coefficient (Wildman–Crippen LogP) is 2.61. The number of rotatable bonds is 4. The zero-order valence-corrected chi connectivity index (χ0v) is 10.9. The Morgan fingerprint density at radius 3 is 2.90 bits per heavy atom. The second-order valence-electron chi connectivity index (χ2n) is 4.48. The summed E-state index contributed by atoms with van der Waals surface area (Å²) in [5.41, 5.74) is 0.548. The lowest BCUT2D eigenvalue weighted by atomic mass is 10.1. The van der Waals surface area contributed by atoms with Crippen LogP contribution in [0.2, 0.25) is 0 Å². The van der Waals surface area contributed by atoms with Gasteiger partial charge >= 0.3 is 0 Å². The first-order valence-electron chi connectivity index (χ1n) is 6.29. The zero-order chi connectivity index (χ0) is 13.9. The van der Waals surface area contributed by atoms with Crippen molar-refractivity contribution < 1.29 is 8.91 Å². The summed E-state index contributed by atoms with van der Waals surface area (Å²) in [6.45, 7) is 1.91. The van der Waals surface area contributed by atoms with Gasteiger partial charge in [-0.25, -0.2) is 4.39 Å². The van der Waals surface area contributed by atoms with Crippen LogP contribution in [-0.4, -0.2) is 19.9 Å². The average molecular weight is 272 g/mol. The molecule has 0 saturated carbocycles. The number of nitrogens with zero attached hydrogens (tertiary/aromatic N) is 4. The Morgan fingerprint density at radius 1 is 1.30 bits per heavy atom. The maximum Gasteiger partial charge on any atom is 0.251 e. The lowest BCUT2D eigenvalue weighted by molar-refractivity contribution is 0.333. The second-order valence-corrected chi connectivity index (χ2v) is 4.48. The average Bonchev–Trinajstić information content (AvgIpc) is 3.12. The largest absolute Gasteiger partial charge is 0.337 e. The fourth-order valence-electron chi connectivity index (χ4n) is 1.94. The van der Waals surface area contributed by atoms with Gasteiger partial charge < -0.3 is 4.52 Å². The van der Waals surface area contributed by atoms with E-state index in [9.17, 15) is 4.39 Å². The van der Waals surface area contributed by atoms with Crippen molar-refractivity contribution in [3.8, 4) is 0 Å². The first-order chi connectivity index (χ1) is 9.74. The first-order valence-corrected chi connectivity index (χ1v) is 6.29. The maximum atomic E-state index is 13.6. The Morgan fingerprint density at radius 2 is 2.15 bits per heavy atom. The van der Waals surface area contributed by atoms with Crippen LogP contribution >= 0.6 is 0 Å². The molecule has 2 aromatic heterocycles. The fourth-order valence-corrected chi connectivity index (χ4v) is 1.94. The van der Waals surface area contributed by atoms with Crippen LogP contribution in [0.15, 0.2) is 47.2 Å². The van der Waals surface area contributed by atoms with Crippen molar-refractivity contribution in [3.63, 3.8) is 0 Å². The van der Waals surface area contributed by atoms with Crippen LogP contribution < -0.4 is 0 Å². The molecule has 1 aromatic carbocycles. The smallest absolute Gasteiger partial charge is 0.251 e. The van der Waals surface area contributed by atoms with E-state index in [-0.39, 0.29) is 11.9 Å². The summed E-state index contributed by atoms with van der Waals surface area (Å²) in [6.07, 6.45) is 3.82. The molecule has 0 saturated heterocycles. The molecule has 0 spiro atoms. The van der Waals surface area contributed by atoms with E-state index in [0.717, 1.165) is 0 Å². The number of halogens is 1. The van der Waals surface area contributed by atoms with Gasteiger partial charge in [0, 0.05) is 18.8 Å². The lowest BCUT2D eigenvalue weighted by Crippen LogP contribution is -2.07. The standard InChI is InChI=1S/C14H13FN4O/c1-10(19-8-4-7-16-19)14-17-13(18-20-14)9-11-5-2-3-6-12(11)15/h2-8,10H,9H2,1H3. The summed E-state index contributed by atoms with van der Waals surface area (Å²) in [5, 5.41) is 8.02. The number of benzene rings is 1. The van der Waals surface area contributed by atoms with Gasteiger partial charge in [-0.1, -0.05) is 23.4 Å². The minimum atomic E-state index is -0.265. The summed E-state index contributed by atoms with van der Waals surface area (Å²) >= 11 is 0. The normalized spacial score (nSPS) is 12.5. The highest BCUT2D eigenvalue weighted by atomic mass is 19.1. The van der Waals surface area contributed by atoms with E-state index in [1.807, 2.05) is 19.2 Å². The van der Waals surface area contributed by atoms with Gasteiger partial charge in [0.25, 0.3) is 5.89 Å². The third kappa shape index (κ3) is 2.45. The van der Waals surface area contributed by atoms with Crippen molar-refractivity contribution in [2.45, 2.75) is 19.4 Å². The molecule has 3 rings (SSSR count). The Kier molecular flexibility index (Phi) is 3.28. The minimum Gasteiger partial charge on any atom is -0.337 e. The maximum absolute atomic E-state index is 13.6. The highest BCUT2D eigenvalue weighted by molar-refractivity contribution is 5.20. The molecule has 3 aromatic rings. The number of aromatic nitrogens is 4. The van der Waals surface area contributed by atoms with Crippen molar-refractivity contribution in [2.75, 3.05) is 0 Å². The molecular weight excluding hydrogens is 259 g/mol. The third-order valence-corrected chi connectivity index (χ3v) is 3.07. The van der Waals surface area contributed by atoms with Gasteiger partial charge in [-0.15, -0.1) is 0 Å². The molecule has 0 amide bonds. The Balaban J connectivity index is 1.79. The summed E-state index contributed by atoms with van der Waals surface area (Å²) in [6, 6.07) is 8.25. The van der Waals surface area contributed by atoms with E-state index in [1.54, 1.807) is 29.1 Å². The van der Waals surface area contributed by atoms with Gasteiger partial charge in [0.1, 0.15) is 11.9 Å². The van der Waals surface area contributed by atoms with E-state index in [0.29, 0.717) is 23.7 Å². The molecule has 1 unspecified atom stereocenters. The zero-order valence-electron chi connectivity index (χ0n) is 10.9. The first kappa shape index (κ1) is 12.5. The highest BCUT2D eigenvalue weighted by Crippen LogP contribution is 2.16. The van der Waals surface area contributed by atoms with E-state index < -0.39 is 0 Å². The van der Waals surface area contributed by atoms with E-state index in [1.165, 1.54) is 6.07 Å². The number of hydrogen-bond acceptors (Lipinski definition) is 4. The van der Waals surface area contributed by atoms with Crippen LogP contribution in [0, 0.1) is 5.82 Å². The van der Waals surface area contributed by atoms with Gasteiger partial charge in [0.2, 0.25) is 0 Å². The molecular formula is C14H13FN4O. The quantitative estimate of drug-likeness (QED) is 0.732. The molecule has 0 bridgehead atoms. The molecule has 0 fully saturated rings. The van der Waals surface area contributed by atoms with Crippen molar-refractivity contribution >= 4 is 0 Å². The molecule has 0 N–H and O–H groups in total. The Labute approximate surface area is 115 Å². The second kappa shape index (κ2) is 5.24. The van der Waals surface area contributed by atoms with Gasteiger partial charge in [0.05, 0.1) is 0 Å². The Hall–Kier alpha value is -2.50. The molecule has 0 aliphatic heterocycles. The van der Waals surface area contributed by atoms with Crippen molar-refractivity contribution in [1.29, 1.82) is 0 Å². The molecule has 6 heteroatoms.